The summed E-state index contributed by atoms with van der Waals surface area (Å²) in [6.45, 7) is 1.49. The number of nitrogens with zero attached hydrogens (tertiary/aromatic N) is 1. The first kappa shape index (κ1) is 12.3. The van der Waals surface area contributed by atoms with Gasteiger partial charge in [-0.3, -0.25) is 0 Å². The van der Waals surface area contributed by atoms with Crippen molar-refractivity contribution in [2.24, 2.45) is 5.73 Å². The fourth-order valence-electron chi connectivity index (χ4n) is 2.54. The number of urea groups is 1. The molecule has 4 nitrogen and oxygen atoms in total. The van der Waals surface area contributed by atoms with Crippen molar-refractivity contribution in [3.63, 3.8) is 0 Å². The molecule has 2 heterocycles. The van der Waals surface area contributed by atoms with Crippen molar-refractivity contribution in [3.8, 4) is 0 Å². The molecule has 1 aliphatic heterocycles. The zero-order chi connectivity index (χ0) is 13.2. The third-order valence-electron chi connectivity index (χ3n) is 3.63. The van der Waals surface area contributed by atoms with E-state index in [0.29, 0.717) is 6.04 Å². The predicted octanol–water partition coefficient (Wildman–Crippen LogP) is 2.86. The number of hydrogen-bond acceptors (Lipinski definition) is 3. The van der Waals surface area contributed by atoms with E-state index in [2.05, 4.69) is 35.0 Å². The predicted molar refractivity (Wildman–Crippen MR) is 79.6 cm³/mol. The number of thiophene rings is 1. The molecule has 19 heavy (non-hydrogen) atoms. The Morgan fingerprint density at radius 1 is 1.32 bits per heavy atom. The normalized spacial score (nSPS) is 16.7. The Balaban J connectivity index is 1.64. The molecule has 1 aromatic heterocycles. The van der Waals surface area contributed by atoms with Gasteiger partial charge >= 0.3 is 6.03 Å². The molecule has 0 saturated carbocycles. The minimum absolute atomic E-state index is 0.307. The molecule has 1 saturated heterocycles. The van der Waals surface area contributed by atoms with Crippen LogP contribution in [-0.4, -0.2) is 30.1 Å². The van der Waals surface area contributed by atoms with E-state index in [1.807, 2.05) is 0 Å². The standard InChI is InChI=1S/C14H17N3OS/c15-14(18)17-6-3-11(4-7-17)16-12-1-2-13-10(9-12)5-8-19-13/h1-2,5,8-9,11,16H,3-4,6-7H2,(H2,15,18). The number of carbonyl (C=O) groups excluding carboxylic acids is 1. The summed E-state index contributed by atoms with van der Waals surface area (Å²) >= 11 is 1.76. The molecule has 3 rings (SSSR count). The first-order chi connectivity index (χ1) is 9.22. The molecular weight excluding hydrogens is 258 g/mol. The number of nitrogens with one attached hydrogen (secondary N) is 1. The molecule has 2 aromatic rings. The van der Waals surface area contributed by atoms with Crippen LogP contribution >= 0.6 is 11.3 Å². The van der Waals surface area contributed by atoms with Crippen molar-refractivity contribution < 1.29 is 4.79 Å². The van der Waals surface area contributed by atoms with E-state index in [1.54, 1.807) is 16.2 Å². The Bertz CT molecular complexity index is 587. The van der Waals surface area contributed by atoms with E-state index in [4.69, 9.17) is 5.73 Å². The molecule has 100 valence electrons. The molecule has 1 aromatic carbocycles. The lowest BCUT2D eigenvalue weighted by Gasteiger charge is -2.31. The number of fused-ring (bicyclic) bond motifs is 1. The van der Waals surface area contributed by atoms with Crippen LogP contribution in [0.2, 0.25) is 0 Å². The molecule has 0 bridgehead atoms. The van der Waals surface area contributed by atoms with Crippen LogP contribution in [0.3, 0.4) is 0 Å². The van der Waals surface area contributed by atoms with Gasteiger partial charge in [-0.2, -0.15) is 0 Å². The summed E-state index contributed by atoms with van der Waals surface area (Å²) in [5, 5.41) is 6.94. The number of carbonyl (C=O) groups is 1. The van der Waals surface area contributed by atoms with Crippen molar-refractivity contribution in [2.45, 2.75) is 18.9 Å². The molecule has 0 radical (unpaired) electrons. The Morgan fingerprint density at radius 3 is 2.84 bits per heavy atom. The summed E-state index contributed by atoms with van der Waals surface area (Å²) in [5.41, 5.74) is 6.44. The van der Waals surface area contributed by atoms with Crippen LogP contribution in [0.25, 0.3) is 10.1 Å². The number of likely N-dealkylation sites (tertiary alicyclic amines) is 1. The van der Waals surface area contributed by atoms with E-state index in [1.165, 1.54) is 10.1 Å². The van der Waals surface area contributed by atoms with Crippen LogP contribution in [0.15, 0.2) is 29.6 Å². The van der Waals surface area contributed by atoms with Gasteiger partial charge in [-0.25, -0.2) is 4.79 Å². The van der Waals surface area contributed by atoms with Crippen molar-refractivity contribution in [1.82, 2.24) is 4.90 Å². The maximum absolute atomic E-state index is 11.1. The average molecular weight is 275 g/mol. The second-order valence-electron chi connectivity index (χ2n) is 4.92. The highest BCUT2D eigenvalue weighted by Gasteiger charge is 2.20. The van der Waals surface area contributed by atoms with E-state index in [9.17, 15) is 4.79 Å². The van der Waals surface area contributed by atoms with Crippen molar-refractivity contribution in [2.75, 3.05) is 18.4 Å². The molecule has 1 fully saturated rings. The highest BCUT2D eigenvalue weighted by atomic mass is 32.1. The molecule has 3 N–H and O–H groups in total. The largest absolute Gasteiger partial charge is 0.382 e. The quantitative estimate of drug-likeness (QED) is 0.885. The number of rotatable bonds is 2. The number of amides is 2. The SMILES string of the molecule is NC(=O)N1CCC(Nc2ccc3sccc3c2)CC1. The van der Waals surface area contributed by atoms with Gasteiger partial charge in [0.25, 0.3) is 0 Å². The smallest absolute Gasteiger partial charge is 0.314 e. The zero-order valence-corrected chi connectivity index (χ0v) is 11.5. The van der Waals surface area contributed by atoms with Gasteiger partial charge in [-0.15, -0.1) is 11.3 Å². The minimum Gasteiger partial charge on any atom is -0.382 e. The van der Waals surface area contributed by atoms with Gasteiger partial charge in [0.05, 0.1) is 0 Å². The van der Waals surface area contributed by atoms with Gasteiger partial charge in [0, 0.05) is 29.5 Å². The van der Waals surface area contributed by atoms with Gasteiger partial charge < -0.3 is 16.0 Å². The highest BCUT2D eigenvalue weighted by Crippen LogP contribution is 2.25. The summed E-state index contributed by atoms with van der Waals surface area (Å²) in [7, 11) is 0. The van der Waals surface area contributed by atoms with Crippen LogP contribution in [-0.2, 0) is 0 Å². The number of hydrogen-bond donors (Lipinski definition) is 2. The second kappa shape index (κ2) is 5.09. The van der Waals surface area contributed by atoms with Crippen LogP contribution < -0.4 is 11.1 Å². The Kier molecular flexibility index (Phi) is 3.29. The summed E-state index contributed by atoms with van der Waals surface area (Å²) in [4.78, 5) is 12.8. The maximum atomic E-state index is 11.1. The Hall–Kier alpha value is -1.75. The van der Waals surface area contributed by atoms with Gasteiger partial charge in [-0.1, -0.05) is 0 Å². The number of nitrogens with two attached hydrogens (primary N) is 1. The van der Waals surface area contributed by atoms with Crippen LogP contribution in [0.1, 0.15) is 12.8 Å². The van der Waals surface area contributed by atoms with Crippen molar-refractivity contribution in [1.29, 1.82) is 0 Å². The molecular formula is C14H17N3OS. The second-order valence-corrected chi connectivity index (χ2v) is 5.86. The lowest BCUT2D eigenvalue weighted by molar-refractivity contribution is 0.193. The lowest BCUT2D eigenvalue weighted by atomic mass is 10.0. The average Bonchev–Trinajstić information content (AvgIpc) is 2.87. The summed E-state index contributed by atoms with van der Waals surface area (Å²) in [5.74, 6) is 0. The summed E-state index contributed by atoms with van der Waals surface area (Å²) < 4.78 is 1.31. The molecule has 1 aliphatic rings. The molecule has 2 amide bonds. The van der Waals surface area contributed by atoms with Crippen LogP contribution in [0, 0.1) is 0 Å². The zero-order valence-electron chi connectivity index (χ0n) is 10.6. The van der Waals surface area contributed by atoms with Gasteiger partial charge in [0.1, 0.15) is 0 Å². The molecule has 0 aliphatic carbocycles. The van der Waals surface area contributed by atoms with Gasteiger partial charge in [0.2, 0.25) is 0 Å². The number of primary amides is 1. The topological polar surface area (TPSA) is 58.4 Å². The first-order valence-corrected chi connectivity index (χ1v) is 7.38. The minimum atomic E-state index is -0.307. The fourth-order valence-corrected chi connectivity index (χ4v) is 3.31. The molecule has 0 unspecified atom stereocenters. The van der Waals surface area contributed by atoms with E-state index >= 15 is 0 Å². The third-order valence-corrected chi connectivity index (χ3v) is 4.53. The first-order valence-electron chi connectivity index (χ1n) is 6.50. The van der Waals surface area contributed by atoms with E-state index in [0.717, 1.165) is 31.6 Å². The third kappa shape index (κ3) is 2.66. The summed E-state index contributed by atoms with van der Waals surface area (Å²) in [6.07, 6.45) is 1.90. The molecule has 0 spiro atoms. The van der Waals surface area contributed by atoms with Crippen molar-refractivity contribution in [3.05, 3.63) is 29.6 Å². The lowest BCUT2D eigenvalue weighted by Crippen LogP contribution is -2.44. The van der Waals surface area contributed by atoms with Crippen molar-refractivity contribution >= 4 is 33.1 Å². The fraction of sp³-hybridized carbons (Fsp3) is 0.357. The van der Waals surface area contributed by atoms with Gasteiger partial charge in [-0.05, 0) is 47.9 Å². The van der Waals surface area contributed by atoms with Crippen LogP contribution in [0.5, 0.6) is 0 Å². The summed E-state index contributed by atoms with van der Waals surface area (Å²) in [6, 6.07) is 8.72. The maximum Gasteiger partial charge on any atom is 0.314 e. The Labute approximate surface area is 116 Å². The Morgan fingerprint density at radius 2 is 2.11 bits per heavy atom. The van der Waals surface area contributed by atoms with Crippen LogP contribution in [0.4, 0.5) is 10.5 Å². The number of piperidine rings is 1. The number of anilines is 1. The van der Waals surface area contributed by atoms with Gasteiger partial charge in [0.15, 0.2) is 0 Å². The van der Waals surface area contributed by atoms with E-state index in [-0.39, 0.29) is 6.03 Å². The number of benzene rings is 1. The monoisotopic (exact) mass is 275 g/mol. The molecule has 5 heteroatoms. The molecule has 0 atom stereocenters. The van der Waals surface area contributed by atoms with E-state index < -0.39 is 0 Å². The highest BCUT2D eigenvalue weighted by molar-refractivity contribution is 7.17.